The van der Waals surface area contributed by atoms with E-state index in [1.54, 1.807) is 0 Å². The molecule has 1 aliphatic rings. The normalized spacial score (nSPS) is 16.4. The minimum atomic E-state index is -4.59. The maximum absolute atomic E-state index is 13.3. The van der Waals surface area contributed by atoms with Gasteiger partial charge in [0, 0.05) is 32.4 Å². The third-order valence-corrected chi connectivity index (χ3v) is 6.15. The topological polar surface area (TPSA) is 75.5 Å². The number of carbonyl (C=O) groups excluding carboxylic acids is 1. The summed E-state index contributed by atoms with van der Waals surface area (Å²) < 4.78 is 78.1. The summed E-state index contributed by atoms with van der Waals surface area (Å²) in [7, 11) is -3.89. The molecule has 1 fully saturated rings. The zero-order chi connectivity index (χ0) is 20.5. The van der Waals surface area contributed by atoms with Crippen molar-refractivity contribution in [3.8, 4) is 0 Å². The first-order chi connectivity index (χ1) is 13.1. The van der Waals surface area contributed by atoms with Gasteiger partial charge in [-0.3, -0.25) is 9.48 Å². The van der Waals surface area contributed by atoms with Crippen LogP contribution in [0, 0.1) is 5.82 Å². The van der Waals surface area contributed by atoms with Crippen molar-refractivity contribution < 1.29 is 30.8 Å². The quantitative estimate of drug-likeness (QED) is 0.704. The van der Waals surface area contributed by atoms with Crippen LogP contribution in [0.15, 0.2) is 41.4 Å². The number of sulfonamides is 1. The molecular formula is C16H16F4N4O3S. The lowest BCUT2D eigenvalue weighted by Crippen LogP contribution is -2.51. The SMILES string of the molecule is O=C(Cn1ccc(C(F)(F)F)n1)N1CCN(S(=O)(=O)c2cccc(F)c2)CC1. The molecule has 1 amide bonds. The van der Waals surface area contributed by atoms with Crippen LogP contribution in [0.4, 0.5) is 17.6 Å². The molecule has 0 bridgehead atoms. The van der Waals surface area contributed by atoms with Gasteiger partial charge in [-0.05, 0) is 24.3 Å². The second-order valence-corrected chi connectivity index (χ2v) is 8.08. The Morgan fingerprint density at radius 1 is 1.11 bits per heavy atom. The highest BCUT2D eigenvalue weighted by Gasteiger charge is 2.34. The second kappa shape index (κ2) is 7.51. The average Bonchev–Trinajstić information content (AvgIpc) is 3.11. The fourth-order valence-electron chi connectivity index (χ4n) is 2.79. The Hall–Kier alpha value is -2.47. The van der Waals surface area contributed by atoms with E-state index in [0.717, 1.165) is 33.4 Å². The molecule has 0 unspecified atom stereocenters. The van der Waals surface area contributed by atoms with Crippen LogP contribution >= 0.6 is 0 Å². The Morgan fingerprint density at radius 3 is 2.36 bits per heavy atom. The third kappa shape index (κ3) is 4.33. The number of nitrogens with zero attached hydrogens (tertiary/aromatic N) is 4. The molecule has 1 aliphatic heterocycles. The summed E-state index contributed by atoms with van der Waals surface area (Å²) in [6, 6.07) is 5.40. The maximum atomic E-state index is 13.3. The van der Waals surface area contributed by atoms with Crippen molar-refractivity contribution in [3.63, 3.8) is 0 Å². The summed E-state index contributed by atoms with van der Waals surface area (Å²) >= 11 is 0. The van der Waals surface area contributed by atoms with Gasteiger partial charge in [0.2, 0.25) is 15.9 Å². The molecule has 2 heterocycles. The van der Waals surface area contributed by atoms with Crippen LogP contribution < -0.4 is 0 Å². The highest BCUT2D eigenvalue weighted by atomic mass is 32.2. The van der Waals surface area contributed by atoms with E-state index < -0.39 is 33.6 Å². The van der Waals surface area contributed by atoms with Gasteiger partial charge in [0.05, 0.1) is 4.90 Å². The van der Waals surface area contributed by atoms with Crippen LogP contribution in [0.1, 0.15) is 5.69 Å². The Balaban J connectivity index is 1.60. The molecule has 1 aromatic carbocycles. The summed E-state index contributed by atoms with van der Waals surface area (Å²) in [5, 5.41) is 3.32. The van der Waals surface area contributed by atoms with Crippen molar-refractivity contribution in [2.24, 2.45) is 0 Å². The van der Waals surface area contributed by atoms with Gasteiger partial charge in [0.1, 0.15) is 12.4 Å². The van der Waals surface area contributed by atoms with Gasteiger partial charge in [-0.2, -0.15) is 22.6 Å². The van der Waals surface area contributed by atoms with E-state index in [2.05, 4.69) is 5.10 Å². The molecule has 0 radical (unpaired) electrons. The Morgan fingerprint density at radius 2 is 1.79 bits per heavy atom. The minimum Gasteiger partial charge on any atom is -0.338 e. The van der Waals surface area contributed by atoms with Crippen LogP contribution in [-0.2, 0) is 27.5 Å². The molecule has 3 rings (SSSR count). The van der Waals surface area contributed by atoms with Gasteiger partial charge in [0.25, 0.3) is 0 Å². The molecule has 12 heteroatoms. The molecule has 0 atom stereocenters. The summed E-state index contributed by atoms with van der Waals surface area (Å²) in [5.74, 6) is -1.15. The first kappa shape index (κ1) is 20.3. The first-order valence-corrected chi connectivity index (χ1v) is 9.65. The number of hydrogen-bond donors (Lipinski definition) is 0. The lowest BCUT2D eigenvalue weighted by atomic mass is 10.3. The van der Waals surface area contributed by atoms with E-state index in [-0.39, 0.29) is 37.6 Å². The number of rotatable bonds is 4. The van der Waals surface area contributed by atoms with Crippen LogP contribution in [0.3, 0.4) is 0 Å². The van der Waals surface area contributed by atoms with Crippen molar-refractivity contribution in [2.75, 3.05) is 26.2 Å². The predicted molar refractivity (Wildman–Crippen MR) is 89.0 cm³/mol. The molecule has 1 aromatic heterocycles. The maximum Gasteiger partial charge on any atom is 0.435 e. The van der Waals surface area contributed by atoms with Crippen molar-refractivity contribution >= 4 is 15.9 Å². The van der Waals surface area contributed by atoms with Gasteiger partial charge < -0.3 is 4.90 Å². The largest absolute Gasteiger partial charge is 0.435 e. The van der Waals surface area contributed by atoms with Crippen molar-refractivity contribution in [3.05, 3.63) is 48.0 Å². The summed E-state index contributed by atoms with van der Waals surface area (Å²) in [6.07, 6.45) is -3.53. The molecule has 28 heavy (non-hydrogen) atoms. The number of carbonyl (C=O) groups is 1. The minimum absolute atomic E-state index is 0.00249. The van der Waals surface area contributed by atoms with Crippen LogP contribution in [0.25, 0.3) is 0 Å². The molecule has 0 spiro atoms. The van der Waals surface area contributed by atoms with Gasteiger partial charge in [-0.25, -0.2) is 12.8 Å². The second-order valence-electron chi connectivity index (χ2n) is 6.14. The molecule has 152 valence electrons. The standard InChI is InChI=1S/C16H16F4N4O3S/c17-12-2-1-3-13(10-12)28(26,27)24-8-6-22(7-9-24)15(25)11-23-5-4-14(21-23)16(18,19)20/h1-5,10H,6-9,11H2. The van der Waals surface area contributed by atoms with E-state index in [9.17, 15) is 30.8 Å². The fraction of sp³-hybridized carbons (Fsp3) is 0.375. The van der Waals surface area contributed by atoms with Gasteiger partial charge in [0.15, 0.2) is 5.69 Å². The number of hydrogen-bond acceptors (Lipinski definition) is 4. The molecule has 0 N–H and O–H groups in total. The molecule has 1 saturated heterocycles. The van der Waals surface area contributed by atoms with Crippen molar-refractivity contribution in [2.45, 2.75) is 17.6 Å². The van der Waals surface area contributed by atoms with Crippen molar-refractivity contribution in [1.82, 2.24) is 19.0 Å². The molecule has 0 aliphatic carbocycles. The fourth-order valence-corrected chi connectivity index (χ4v) is 4.25. The molecular weight excluding hydrogens is 404 g/mol. The number of piperazine rings is 1. The summed E-state index contributed by atoms with van der Waals surface area (Å²) in [6.45, 7) is -0.247. The number of aromatic nitrogens is 2. The van der Waals surface area contributed by atoms with Gasteiger partial charge in [-0.1, -0.05) is 6.07 Å². The monoisotopic (exact) mass is 420 g/mol. The first-order valence-electron chi connectivity index (χ1n) is 8.21. The van der Waals surface area contributed by atoms with E-state index in [1.807, 2.05) is 0 Å². The van der Waals surface area contributed by atoms with Gasteiger partial charge >= 0.3 is 6.18 Å². The lowest BCUT2D eigenvalue weighted by molar-refractivity contribution is -0.142. The number of alkyl halides is 3. The van der Waals surface area contributed by atoms with Crippen LogP contribution in [0.5, 0.6) is 0 Å². The zero-order valence-corrected chi connectivity index (χ0v) is 15.2. The highest BCUT2D eigenvalue weighted by Crippen LogP contribution is 2.27. The number of halogens is 4. The Kier molecular flexibility index (Phi) is 5.44. The third-order valence-electron chi connectivity index (χ3n) is 4.25. The van der Waals surface area contributed by atoms with Crippen molar-refractivity contribution in [1.29, 1.82) is 0 Å². The Labute approximate surface area is 158 Å². The summed E-state index contributed by atoms with van der Waals surface area (Å²) in [4.78, 5) is 13.4. The van der Waals surface area contributed by atoms with Crippen LogP contribution in [-0.4, -0.2) is 59.5 Å². The van der Waals surface area contributed by atoms with E-state index in [1.165, 1.54) is 17.0 Å². The summed E-state index contributed by atoms with van der Waals surface area (Å²) in [5.41, 5.74) is -1.09. The van der Waals surface area contributed by atoms with E-state index in [4.69, 9.17) is 0 Å². The van der Waals surface area contributed by atoms with E-state index in [0.29, 0.717) is 0 Å². The average molecular weight is 420 g/mol. The number of amides is 1. The van der Waals surface area contributed by atoms with Gasteiger partial charge in [-0.15, -0.1) is 0 Å². The molecule has 7 nitrogen and oxygen atoms in total. The lowest BCUT2D eigenvalue weighted by Gasteiger charge is -2.34. The highest BCUT2D eigenvalue weighted by molar-refractivity contribution is 7.89. The van der Waals surface area contributed by atoms with E-state index >= 15 is 0 Å². The zero-order valence-electron chi connectivity index (χ0n) is 14.4. The molecule has 2 aromatic rings. The Bertz CT molecular complexity index is 966. The van der Waals surface area contributed by atoms with Crippen LogP contribution in [0.2, 0.25) is 0 Å². The number of benzene rings is 1. The smallest absolute Gasteiger partial charge is 0.338 e. The predicted octanol–water partition coefficient (Wildman–Crippen LogP) is 1.57. The molecule has 0 saturated carbocycles.